The third-order valence-corrected chi connectivity index (χ3v) is 6.06. The number of amides is 1. The number of thiophene rings is 1. The normalized spacial score (nSPS) is 23.0. The molecule has 1 saturated carbocycles. The number of nitrogens with two attached hydrogens (primary N) is 1. The molecule has 4 nitrogen and oxygen atoms in total. The SMILES string of the molecule is CC1(C)C[C@@]1(C(=O)NCCc1csc(N)n1)c1cccs1. The maximum Gasteiger partial charge on any atom is 0.232 e. The van der Waals surface area contributed by atoms with Crippen LogP contribution in [0.4, 0.5) is 5.13 Å². The van der Waals surface area contributed by atoms with Gasteiger partial charge in [0.15, 0.2) is 5.13 Å². The number of thiazole rings is 1. The molecule has 0 aliphatic heterocycles. The first-order valence-electron chi connectivity index (χ1n) is 6.98. The number of anilines is 1. The van der Waals surface area contributed by atoms with Gasteiger partial charge in [0, 0.05) is 23.2 Å². The highest BCUT2D eigenvalue weighted by Gasteiger charge is 2.67. The van der Waals surface area contributed by atoms with Crippen LogP contribution in [-0.2, 0) is 16.6 Å². The molecule has 0 unspecified atom stereocenters. The number of carbonyl (C=O) groups excluding carboxylic acids is 1. The lowest BCUT2D eigenvalue weighted by Gasteiger charge is -2.18. The van der Waals surface area contributed by atoms with Crippen molar-refractivity contribution >= 4 is 33.7 Å². The molecule has 3 N–H and O–H groups in total. The van der Waals surface area contributed by atoms with Crippen LogP contribution in [0.1, 0.15) is 30.8 Å². The van der Waals surface area contributed by atoms with Gasteiger partial charge in [-0.05, 0) is 23.3 Å². The van der Waals surface area contributed by atoms with E-state index in [2.05, 4.69) is 30.2 Å². The van der Waals surface area contributed by atoms with Crippen molar-refractivity contribution in [1.29, 1.82) is 0 Å². The Morgan fingerprint density at radius 3 is 2.76 bits per heavy atom. The molecule has 1 aliphatic rings. The second-order valence-corrected chi connectivity index (χ2v) is 7.96. The van der Waals surface area contributed by atoms with Crippen molar-refractivity contribution in [2.24, 2.45) is 5.41 Å². The zero-order valence-electron chi connectivity index (χ0n) is 12.2. The minimum absolute atomic E-state index is 0.0347. The molecule has 0 radical (unpaired) electrons. The van der Waals surface area contributed by atoms with Gasteiger partial charge in [0.25, 0.3) is 0 Å². The first kappa shape index (κ1) is 14.5. The Morgan fingerprint density at radius 2 is 2.24 bits per heavy atom. The number of nitrogens with zero attached hydrogens (tertiary/aromatic N) is 1. The zero-order chi connectivity index (χ0) is 15.1. The second kappa shape index (κ2) is 5.10. The third kappa shape index (κ3) is 2.46. The fraction of sp³-hybridized carbons (Fsp3) is 0.467. The summed E-state index contributed by atoms with van der Waals surface area (Å²) in [6, 6.07) is 4.08. The van der Waals surface area contributed by atoms with Crippen LogP contribution in [0.2, 0.25) is 0 Å². The van der Waals surface area contributed by atoms with E-state index in [0.717, 1.165) is 18.5 Å². The fourth-order valence-corrected chi connectivity index (χ4v) is 4.65. The Bertz CT molecular complexity index is 648. The molecule has 1 aliphatic carbocycles. The van der Waals surface area contributed by atoms with Gasteiger partial charge in [0.2, 0.25) is 5.91 Å². The molecule has 2 heterocycles. The summed E-state index contributed by atoms with van der Waals surface area (Å²) in [5, 5.41) is 7.64. The largest absolute Gasteiger partial charge is 0.375 e. The standard InChI is InChI=1S/C15H19N3OS2/c1-14(2)9-15(14,11-4-3-7-20-11)12(19)17-6-5-10-8-21-13(16)18-10/h3-4,7-8H,5-6,9H2,1-2H3,(H2,16,18)(H,17,19)/t15-/m0/s1. The summed E-state index contributed by atoms with van der Waals surface area (Å²) in [5.74, 6) is 0.137. The van der Waals surface area contributed by atoms with Crippen molar-refractivity contribution in [3.8, 4) is 0 Å². The van der Waals surface area contributed by atoms with E-state index in [9.17, 15) is 4.79 Å². The zero-order valence-corrected chi connectivity index (χ0v) is 13.8. The van der Waals surface area contributed by atoms with Gasteiger partial charge in [0.1, 0.15) is 0 Å². The van der Waals surface area contributed by atoms with E-state index in [-0.39, 0.29) is 16.7 Å². The van der Waals surface area contributed by atoms with Gasteiger partial charge in [-0.15, -0.1) is 22.7 Å². The fourth-order valence-electron chi connectivity index (χ4n) is 2.95. The number of hydrogen-bond acceptors (Lipinski definition) is 5. The lowest BCUT2D eigenvalue weighted by atomic mass is 9.93. The van der Waals surface area contributed by atoms with E-state index in [4.69, 9.17) is 5.73 Å². The summed E-state index contributed by atoms with van der Waals surface area (Å²) in [4.78, 5) is 18.1. The van der Waals surface area contributed by atoms with Crippen molar-refractivity contribution in [2.45, 2.75) is 32.1 Å². The molecule has 0 saturated heterocycles. The number of rotatable bonds is 5. The molecule has 1 amide bonds. The molecule has 112 valence electrons. The molecule has 1 atom stereocenters. The van der Waals surface area contributed by atoms with Crippen LogP contribution in [0.3, 0.4) is 0 Å². The highest BCUT2D eigenvalue weighted by Crippen LogP contribution is 2.65. The van der Waals surface area contributed by atoms with Crippen molar-refractivity contribution in [1.82, 2.24) is 10.3 Å². The van der Waals surface area contributed by atoms with E-state index in [1.807, 2.05) is 16.8 Å². The third-order valence-electron chi connectivity index (χ3n) is 4.30. The first-order valence-corrected chi connectivity index (χ1v) is 8.74. The Kier molecular flexibility index (Phi) is 3.53. The molecule has 1 fully saturated rings. The van der Waals surface area contributed by atoms with Crippen LogP contribution in [0.5, 0.6) is 0 Å². The summed E-state index contributed by atoms with van der Waals surface area (Å²) in [6.07, 6.45) is 1.64. The molecule has 0 bridgehead atoms. The molecule has 0 spiro atoms. The van der Waals surface area contributed by atoms with E-state index >= 15 is 0 Å². The van der Waals surface area contributed by atoms with Gasteiger partial charge in [0.05, 0.1) is 11.1 Å². The van der Waals surface area contributed by atoms with Crippen LogP contribution in [0.25, 0.3) is 0 Å². The monoisotopic (exact) mass is 321 g/mol. The van der Waals surface area contributed by atoms with Crippen LogP contribution in [0, 0.1) is 5.41 Å². The number of aromatic nitrogens is 1. The van der Waals surface area contributed by atoms with Gasteiger partial charge in [-0.2, -0.15) is 0 Å². The molecule has 2 aromatic rings. The average Bonchev–Trinajstić information content (AvgIpc) is 2.87. The predicted molar refractivity (Wildman–Crippen MR) is 87.6 cm³/mol. The first-order chi connectivity index (χ1) is 9.96. The smallest absolute Gasteiger partial charge is 0.232 e. The van der Waals surface area contributed by atoms with Crippen molar-refractivity contribution in [3.05, 3.63) is 33.5 Å². The Balaban J connectivity index is 1.64. The van der Waals surface area contributed by atoms with E-state index in [1.54, 1.807) is 11.3 Å². The molecule has 0 aromatic carbocycles. The number of hydrogen-bond donors (Lipinski definition) is 2. The van der Waals surface area contributed by atoms with Gasteiger partial charge in [-0.1, -0.05) is 19.9 Å². The summed E-state index contributed by atoms with van der Waals surface area (Å²) in [7, 11) is 0. The van der Waals surface area contributed by atoms with Crippen molar-refractivity contribution in [2.75, 3.05) is 12.3 Å². The van der Waals surface area contributed by atoms with Gasteiger partial charge in [-0.3, -0.25) is 4.79 Å². The Morgan fingerprint density at radius 1 is 1.48 bits per heavy atom. The Hall–Kier alpha value is -1.40. The topological polar surface area (TPSA) is 68.0 Å². The van der Waals surface area contributed by atoms with Crippen LogP contribution in [0.15, 0.2) is 22.9 Å². The molecular weight excluding hydrogens is 302 g/mol. The van der Waals surface area contributed by atoms with Crippen LogP contribution >= 0.6 is 22.7 Å². The summed E-state index contributed by atoms with van der Waals surface area (Å²) in [5.41, 5.74) is 6.24. The average molecular weight is 321 g/mol. The van der Waals surface area contributed by atoms with Crippen molar-refractivity contribution in [3.63, 3.8) is 0 Å². The summed E-state index contributed by atoms with van der Waals surface area (Å²) >= 11 is 3.10. The van der Waals surface area contributed by atoms with Crippen molar-refractivity contribution < 1.29 is 4.79 Å². The Labute approximate surface area is 132 Å². The maximum atomic E-state index is 12.7. The lowest BCUT2D eigenvalue weighted by Crippen LogP contribution is -2.38. The molecule has 3 rings (SSSR count). The van der Waals surface area contributed by atoms with Crippen LogP contribution in [-0.4, -0.2) is 17.4 Å². The van der Waals surface area contributed by atoms with Crippen LogP contribution < -0.4 is 11.1 Å². The molecule has 21 heavy (non-hydrogen) atoms. The van der Waals surface area contributed by atoms with Gasteiger partial charge >= 0.3 is 0 Å². The van der Waals surface area contributed by atoms with E-state index in [1.165, 1.54) is 16.2 Å². The molecule has 6 heteroatoms. The minimum atomic E-state index is -0.345. The van der Waals surface area contributed by atoms with Gasteiger partial charge in [-0.25, -0.2) is 4.98 Å². The molecule has 2 aromatic heterocycles. The maximum absolute atomic E-state index is 12.7. The van der Waals surface area contributed by atoms with E-state index in [0.29, 0.717) is 11.7 Å². The summed E-state index contributed by atoms with van der Waals surface area (Å²) < 4.78 is 0. The molecular formula is C15H19N3OS2. The highest BCUT2D eigenvalue weighted by molar-refractivity contribution is 7.13. The summed E-state index contributed by atoms with van der Waals surface area (Å²) in [6.45, 7) is 4.92. The highest BCUT2D eigenvalue weighted by atomic mass is 32.1. The number of nitrogen functional groups attached to an aromatic ring is 1. The predicted octanol–water partition coefficient (Wildman–Crippen LogP) is 2.81. The lowest BCUT2D eigenvalue weighted by molar-refractivity contribution is -0.124. The number of nitrogens with one attached hydrogen (secondary N) is 1. The second-order valence-electron chi connectivity index (χ2n) is 6.13. The van der Waals surface area contributed by atoms with Gasteiger partial charge < -0.3 is 11.1 Å². The van der Waals surface area contributed by atoms with E-state index < -0.39 is 0 Å². The number of carbonyl (C=O) groups is 1. The minimum Gasteiger partial charge on any atom is -0.375 e. The quantitative estimate of drug-likeness (QED) is 0.890.